The van der Waals surface area contributed by atoms with Crippen molar-refractivity contribution in [3.8, 4) is 0 Å². The van der Waals surface area contributed by atoms with Crippen molar-refractivity contribution < 1.29 is 19.8 Å². The van der Waals surface area contributed by atoms with Gasteiger partial charge < -0.3 is 15.9 Å². The maximum absolute atomic E-state index is 10.8. The van der Waals surface area contributed by atoms with Crippen molar-refractivity contribution in [3.05, 3.63) is 0 Å². The lowest BCUT2D eigenvalue weighted by molar-refractivity contribution is -0.141. The van der Waals surface area contributed by atoms with Gasteiger partial charge in [-0.15, -0.1) is 0 Å². The summed E-state index contributed by atoms with van der Waals surface area (Å²) in [5.74, 6) is -2.05. The number of carbonyl (C=O) groups is 2. The third-order valence-corrected chi connectivity index (χ3v) is 4.64. The van der Waals surface area contributed by atoms with Crippen molar-refractivity contribution >= 4 is 11.9 Å². The Hall–Kier alpha value is -1.14. The van der Waals surface area contributed by atoms with Crippen LogP contribution in [0, 0.1) is 0 Å². The first-order valence-corrected chi connectivity index (χ1v) is 10.4. The van der Waals surface area contributed by atoms with Gasteiger partial charge in [-0.2, -0.15) is 0 Å². The molecule has 6 heteroatoms. The fraction of sp³-hybridized carbons (Fsp3) is 0.900. The first-order valence-electron chi connectivity index (χ1n) is 10.4. The zero-order valence-corrected chi connectivity index (χ0v) is 16.6. The number of unbranched alkanes of at least 4 members (excludes halogenated alkanes) is 11. The van der Waals surface area contributed by atoms with Gasteiger partial charge in [0.1, 0.15) is 0 Å². The van der Waals surface area contributed by atoms with E-state index in [0.29, 0.717) is 6.54 Å². The van der Waals surface area contributed by atoms with Gasteiger partial charge in [0.25, 0.3) is 0 Å². The van der Waals surface area contributed by atoms with E-state index in [9.17, 15) is 9.59 Å². The summed E-state index contributed by atoms with van der Waals surface area (Å²) in [6.45, 7) is 2.00. The smallest absolute Gasteiger partial charge is 0.317 e. The van der Waals surface area contributed by atoms with E-state index in [1.54, 1.807) is 0 Å². The first-order chi connectivity index (χ1) is 12.5. The maximum atomic E-state index is 10.8. The van der Waals surface area contributed by atoms with Gasteiger partial charge in [0.05, 0.1) is 13.1 Å². The Morgan fingerprint density at radius 2 is 1.15 bits per heavy atom. The molecule has 0 heterocycles. The monoisotopic (exact) mass is 372 g/mol. The van der Waals surface area contributed by atoms with Crippen LogP contribution in [0.4, 0.5) is 0 Å². The Bertz CT molecular complexity index is 348. The van der Waals surface area contributed by atoms with Crippen LogP contribution in [0.3, 0.4) is 0 Å². The molecule has 0 rings (SSSR count). The first kappa shape index (κ1) is 24.9. The largest absolute Gasteiger partial charge is 0.480 e. The zero-order valence-electron chi connectivity index (χ0n) is 16.6. The minimum atomic E-state index is -1.02. The Morgan fingerprint density at radius 1 is 0.769 bits per heavy atom. The highest BCUT2D eigenvalue weighted by Gasteiger charge is 2.16. The summed E-state index contributed by atoms with van der Waals surface area (Å²) in [4.78, 5) is 22.9. The van der Waals surface area contributed by atoms with Gasteiger partial charge >= 0.3 is 11.9 Å². The van der Waals surface area contributed by atoms with Crippen molar-refractivity contribution in [1.82, 2.24) is 4.90 Å². The second-order valence-electron chi connectivity index (χ2n) is 7.39. The number of hydrogen-bond acceptors (Lipinski definition) is 4. The van der Waals surface area contributed by atoms with Crippen LogP contribution >= 0.6 is 0 Å². The number of nitrogens with two attached hydrogens (primary N) is 1. The molecular weight excluding hydrogens is 332 g/mol. The van der Waals surface area contributed by atoms with Crippen LogP contribution in [0.5, 0.6) is 0 Å². The minimum absolute atomic E-state index is 0.170. The van der Waals surface area contributed by atoms with E-state index >= 15 is 0 Å². The molecule has 0 aromatic carbocycles. The van der Waals surface area contributed by atoms with Gasteiger partial charge in [-0.05, 0) is 6.42 Å². The lowest BCUT2D eigenvalue weighted by atomic mass is 10.0. The number of rotatable bonds is 19. The highest BCUT2D eigenvalue weighted by Crippen LogP contribution is 2.13. The van der Waals surface area contributed by atoms with Gasteiger partial charge in [0.2, 0.25) is 0 Å². The third kappa shape index (κ3) is 17.7. The molecule has 1 atom stereocenters. The molecule has 26 heavy (non-hydrogen) atoms. The van der Waals surface area contributed by atoms with Crippen LogP contribution in [0.2, 0.25) is 0 Å². The number of aliphatic carboxylic acids is 2. The van der Waals surface area contributed by atoms with E-state index in [4.69, 9.17) is 15.9 Å². The molecule has 0 saturated heterocycles. The predicted octanol–water partition coefficient (Wildman–Crippen LogP) is 3.88. The van der Waals surface area contributed by atoms with Gasteiger partial charge in [-0.3, -0.25) is 14.5 Å². The lowest BCUT2D eigenvalue weighted by Crippen LogP contribution is -2.42. The summed E-state index contributed by atoms with van der Waals surface area (Å²) in [5.41, 5.74) is 6.03. The van der Waals surface area contributed by atoms with Crippen molar-refractivity contribution in [2.24, 2.45) is 5.73 Å². The van der Waals surface area contributed by atoms with Crippen LogP contribution < -0.4 is 5.73 Å². The average molecular weight is 373 g/mol. The Morgan fingerprint density at radius 3 is 1.54 bits per heavy atom. The number of carboxylic acid groups (broad SMARTS) is 2. The third-order valence-electron chi connectivity index (χ3n) is 4.64. The fourth-order valence-electron chi connectivity index (χ4n) is 3.24. The van der Waals surface area contributed by atoms with Crippen molar-refractivity contribution in [2.75, 3.05) is 19.6 Å². The number of hydrogen-bond donors (Lipinski definition) is 3. The molecule has 4 N–H and O–H groups in total. The zero-order chi connectivity index (χ0) is 19.6. The van der Waals surface area contributed by atoms with E-state index in [0.717, 1.165) is 19.3 Å². The molecule has 0 bridgehead atoms. The number of carboxylic acids is 2. The van der Waals surface area contributed by atoms with E-state index in [2.05, 4.69) is 6.92 Å². The molecule has 1 unspecified atom stereocenters. The van der Waals surface area contributed by atoms with Crippen LogP contribution in [0.25, 0.3) is 0 Å². The molecule has 0 aliphatic rings. The molecule has 0 aromatic rings. The standard InChI is InChI=1S/C20H40N2O4/c1-2-3-4-5-6-7-8-9-10-11-12-13-14-18(21)15-22(16-19(23)24)17-20(25)26/h18H,2-17,21H2,1H3,(H,23,24)(H,25,26). The van der Waals surface area contributed by atoms with Crippen molar-refractivity contribution in [1.29, 1.82) is 0 Å². The molecule has 0 spiro atoms. The SMILES string of the molecule is CCCCCCCCCCCCCCC(N)CN(CC(=O)O)CC(=O)O. The Kier molecular flexibility index (Phi) is 16.5. The Balaban J connectivity index is 3.55. The van der Waals surface area contributed by atoms with E-state index in [-0.39, 0.29) is 19.1 Å². The van der Waals surface area contributed by atoms with E-state index < -0.39 is 11.9 Å². The molecule has 0 aromatic heterocycles. The van der Waals surface area contributed by atoms with Gasteiger partial charge in [-0.25, -0.2) is 0 Å². The summed E-state index contributed by atoms with van der Waals surface area (Å²) in [6, 6.07) is -0.170. The quantitative estimate of drug-likeness (QED) is 0.297. The molecular formula is C20H40N2O4. The molecule has 0 saturated carbocycles. The minimum Gasteiger partial charge on any atom is -0.480 e. The second-order valence-corrected chi connectivity index (χ2v) is 7.39. The lowest BCUT2D eigenvalue weighted by Gasteiger charge is -2.22. The van der Waals surface area contributed by atoms with E-state index in [1.165, 1.54) is 69.1 Å². The average Bonchev–Trinajstić information content (AvgIpc) is 2.54. The predicted molar refractivity (Wildman–Crippen MR) is 105 cm³/mol. The summed E-state index contributed by atoms with van der Waals surface area (Å²) < 4.78 is 0. The second kappa shape index (κ2) is 17.3. The number of nitrogens with zero attached hydrogens (tertiary/aromatic N) is 1. The molecule has 6 nitrogen and oxygen atoms in total. The van der Waals surface area contributed by atoms with Gasteiger partial charge in [0, 0.05) is 12.6 Å². The molecule has 0 aliphatic heterocycles. The topological polar surface area (TPSA) is 104 Å². The summed E-state index contributed by atoms with van der Waals surface area (Å²) in [6.07, 6.45) is 16.3. The normalized spacial score (nSPS) is 12.4. The van der Waals surface area contributed by atoms with Gasteiger partial charge in [0.15, 0.2) is 0 Å². The molecule has 154 valence electrons. The molecule has 0 fully saturated rings. The summed E-state index contributed by atoms with van der Waals surface area (Å²) in [5, 5.41) is 17.6. The van der Waals surface area contributed by atoms with Crippen LogP contribution in [-0.4, -0.2) is 52.7 Å². The van der Waals surface area contributed by atoms with Gasteiger partial charge in [-0.1, -0.05) is 84.0 Å². The van der Waals surface area contributed by atoms with Crippen LogP contribution in [0.15, 0.2) is 0 Å². The molecule has 0 amide bonds. The van der Waals surface area contributed by atoms with Crippen LogP contribution in [0.1, 0.15) is 90.4 Å². The highest BCUT2D eigenvalue weighted by molar-refractivity contribution is 5.72. The van der Waals surface area contributed by atoms with Crippen molar-refractivity contribution in [3.63, 3.8) is 0 Å². The molecule has 0 radical (unpaired) electrons. The molecule has 0 aliphatic carbocycles. The highest BCUT2D eigenvalue weighted by atomic mass is 16.4. The van der Waals surface area contributed by atoms with E-state index in [1.807, 2.05) is 0 Å². The van der Waals surface area contributed by atoms with Crippen molar-refractivity contribution in [2.45, 2.75) is 96.4 Å². The fourth-order valence-corrected chi connectivity index (χ4v) is 3.24. The summed E-state index contributed by atoms with van der Waals surface area (Å²) >= 11 is 0. The summed E-state index contributed by atoms with van der Waals surface area (Å²) in [7, 11) is 0. The van der Waals surface area contributed by atoms with Crippen LogP contribution in [-0.2, 0) is 9.59 Å². The maximum Gasteiger partial charge on any atom is 0.317 e. The Labute approximate surface area is 159 Å².